The van der Waals surface area contributed by atoms with Crippen LogP contribution in [0, 0.1) is 5.92 Å². The number of esters is 1. The van der Waals surface area contributed by atoms with Crippen molar-refractivity contribution in [2.24, 2.45) is 5.92 Å². The average molecular weight is 317 g/mol. The van der Waals surface area contributed by atoms with E-state index in [0.717, 1.165) is 58.2 Å². The van der Waals surface area contributed by atoms with Gasteiger partial charge in [0.15, 0.2) is 0 Å². The molecule has 0 spiro atoms. The lowest BCUT2D eigenvalue weighted by Crippen LogP contribution is -2.30. The van der Waals surface area contributed by atoms with Gasteiger partial charge in [0.05, 0.1) is 13.0 Å². The van der Waals surface area contributed by atoms with Crippen molar-refractivity contribution in [2.45, 2.75) is 58.8 Å². The van der Waals surface area contributed by atoms with Gasteiger partial charge < -0.3 is 19.8 Å². The van der Waals surface area contributed by atoms with Gasteiger partial charge in [0.25, 0.3) is 0 Å². The van der Waals surface area contributed by atoms with Crippen LogP contribution in [-0.2, 0) is 9.53 Å². The second-order valence-corrected chi connectivity index (χ2v) is 6.21. The van der Waals surface area contributed by atoms with Crippen molar-refractivity contribution in [3.8, 4) is 0 Å². The number of ether oxygens (including phenoxy) is 1. The summed E-state index contributed by atoms with van der Waals surface area (Å²) in [6.07, 6.45) is 5.81. The number of carbonyl (C=O) groups excluding carboxylic acids is 1. The minimum Gasteiger partial charge on any atom is -0.466 e. The monoisotopic (exact) mass is 317 g/mol. The molecule has 0 saturated carbocycles. The van der Waals surface area contributed by atoms with Crippen molar-refractivity contribution >= 4 is 5.97 Å². The number of hydrogen-bond acceptors (Lipinski definition) is 5. The maximum atomic E-state index is 11.7. The molecule has 0 saturated heterocycles. The Morgan fingerprint density at radius 1 is 0.955 bits per heavy atom. The smallest absolute Gasteiger partial charge is 0.307 e. The highest BCUT2D eigenvalue weighted by molar-refractivity contribution is 5.69. The number of rotatable bonds is 15. The molecule has 0 fully saturated rings. The summed E-state index contributed by atoms with van der Waals surface area (Å²) in [5.74, 6) is 0.513. The molecule has 0 aromatic rings. The molecule has 2 N–H and O–H groups in total. The van der Waals surface area contributed by atoms with Gasteiger partial charge in [0.2, 0.25) is 0 Å². The highest BCUT2D eigenvalue weighted by atomic mass is 16.5. The Kier molecular flexibility index (Phi) is 14.8. The third-order valence-corrected chi connectivity index (χ3v) is 3.60. The molecule has 0 radical (unpaired) electrons. The van der Waals surface area contributed by atoms with E-state index >= 15 is 0 Å². The van der Waals surface area contributed by atoms with E-state index in [0.29, 0.717) is 18.9 Å². The average Bonchev–Trinajstić information content (AvgIpc) is 2.49. The van der Waals surface area contributed by atoms with Crippen LogP contribution in [0.3, 0.4) is 0 Å². The number of unbranched alkanes of at least 4 members (excludes halogenated alkanes) is 3. The molecule has 0 unspecified atom stereocenters. The summed E-state index contributed by atoms with van der Waals surface area (Å²) < 4.78 is 5.20. The Bertz CT molecular complexity index is 259. The molecular weight excluding hydrogens is 282 g/mol. The fraction of sp³-hybridized carbons (Fsp3) is 0.941. The molecule has 0 amide bonds. The van der Waals surface area contributed by atoms with Gasteiger partial charge in [-0.3, -0.25) is 4.79 Å². The zero-order chi connectivity index (χ0) is 16.6. The van der Waals surface area contributed by atoms with Crippen molar-refractivity contribution in [3.63, 3.8) is 0 Å². The minimum atomic E-state index is -0.138. The lowest BCUT2D eigenvalue weighted by atomic mass is 10.1. The van der Waals surface area contributed by atoms with Gasteiger partial charge in [-0.25, -0.2) is 0 Å². The van der Waals surface area contributed by atoms with Crippen LogP contribution in [0.25, 0.3) is 0 Å². The quantitative estimate of drug-likeness (QED) is 0.358. The fourth-order valence-electron chi connectivity index (χ4n) is 2.12. The molecule has 0 rings (SSSR count). The maximum absolute atomic E-state index is 11.7. The molecule has 22 heavy (non-hydrogen) atoms. The van der Waals surface area contributed by atoms with Crippen LogP contribution in [0.4, 0.5) is 0 Å². The minimum absolute atomic E-state index is 0.138. The molecule has 0 aliphatic heterocycles. The summed E-state index contributed by atoms with van der Waals surface area (Å²) in [6.45, 7) is 7.94. The zero-order valence-corrected chi connectivity index (χ0v) is 14.4. The van der Waals surface area contributed by atoms with Gasteiger partial charge in [-0.1, -0.05) is 13.8 Å². The molecule has 0 aromatic carbocycles. The van der Waals surface area contributed by atoms with Gasteiger partial charge in [0.1, 0.15) is 0 Å². The van der Waals surface area contributed by atoms with E-state index in [2.05, 4.69) is 18.7 Å². The molecule has 132 valence electrons. The first-order chi connectivity index (χ1) is 10.6. The Morgan fingerprint density at radius 3 is 2.27 bits per heavy atom. The van der Waals surface area contributed by atoms with Crippen LogP contribution in [-0.4, -0.2) is 60.5 Å². The second kappa shape index (κ2) is 15.3. The molecule has 0 aliphatic rings. The van der Waals surface area contributed by atoms with E-state index in [4.69, 9.17) is 14.9 Å². The summed E-state index contributed by atoms with van der Waals surface area (Å²) in [6, 6.07) is 0. The first-order valence-electron chi connectivity index (χ1n) is 8.69. The standard InChI is InChI=1S/C17H35NO4/c1-16(2)8-11-18(10-4-6-14-20)12-9-17(21)22-15-7-3-5-13-19/h16,19-20H,3-15H2,1-2H3. The van der Waals surface area contributed by atoms with E-state index in [1.165, 1.54) is 0 Å². The molecule has 5 nitrogen and oxygen atoms in total. The maximum Gasteiger partial charge on any atom is 0.307 e. The zero-order valence-electron chi connectivity index (χ0n) is 14.4. The van der Waals surface area contributed by atoms with Crippen LogP contribution in [0.1, 0.15) is 58.8 Å². The van der Waals surface area contributed by atoms with Crippen molar-refractivity contribution in [2.75, 3.05) is 39.5 Å². The van der Waals surface area contributed by atoms with Crippen LogP contribution in [0.15, 0.2) is 0 Å². The van der Waals surface area contributed by atoms with E-state index in [-0.39, 0.29) is 19.2 Å². The molecular formula is C17H35NO4. The molecule has 0 aromatic heterocycles. The Hall–Kier alpha value is -0.650. The topological polar surface area (TPSA) is 70.0 Å². The molecule has 0 aliphatic carbocycles. The first-order valence-corrected chi connectivity index (χ1v) is 8.69. The summed E-state index contributed by atoms with van der Waals surface area (Å²) in [7, 11) is 0. The van der Waals surface area contributed by atoms with Crippen molar-refractivity contribution in [3.05, 3.63) is 0 Å². The van der Waals surface area contributed by atoms with Crippen LogP contribution < -0.4 is 0 Å². The molecule has 0 bridgehead atoms. The highest BCUT2D eigenvalue weighted by Gasteiger charge is 2.10. The number of hydrogen-bond donors (Lipinski definition) is 2. The third kappa shape index (κ3) is 14.3. The van der Waals surface area contributed by atoms with Gasteiger partial charge >= 0.3 is 5.97 Å². The van der Waals surface area contributed by atoms with E-state index in [9.17, 15) is 4.79 Å². The Balaban J connectivity index is 3.84. The molecule has 0 atom stereocenters. The summed E-state index contributed by atoms with van der Waals surface area (Å²) >= 11 is 0. The summed E-state index contributed by atoms with van der Waals surface area (Å²) in [5.41, 5.74) is 0. The largest absolute Gasteiger partial charge is 0.466 e. The van der Waals surface area contributed by atoms with Gasteiger partial charge in [0, 0.05) is 19.8 Å². The number of carbonyl (C=O) groups is 1. The highest BCUT2D eigenvalue weighted by Crippen LogP contribution is 2.05. The van der Waals surface area contributed by atoms with Crippen LogP contribution in [0.2, 0.25) is 0 Å². The number of nitrogens with zero attached hydrogens (tertiary/aromatic N) is 1. The van der Waals surface area contributed by atoms with Gasteiger partial charge in [-0.15, -0.1) is 0 Å². The van der Waals surface area contributed by atoms with Crippen LogP contribution in [0.5, 0.6) is 0 Å². The molecule has 0 heterocycles. The van der Waals surface area contributed by atoms with Crippen molar-refractivity contribution < 1.29 is 19.7 Å². The van der Waals surface area contributed by atoms with Crippen molar-refractivity contribution in [1.82, 2.24) is 4.90 Å². The number of aliphatic hydroxyl groups excluding tert-OH is 2. The van der Waals surface area contributed by atoms with Gasteiger partial charge in [-0.05, 0) is 57.5 Å². The van der Waals surface area contributed by atoms with Crippen LogP contribution >= 0.6 is 0 Å². The Labute approximate surface area is 135 Å². The first kappa shape index (κ1) is 21.4. The van der Waals surface area contributed by atoms with E-state index < -0.39 is 0 Å². The van der Waals surface area contributed by atoms with Crippen molar-refractivity contribution in [1.29, 1.82) is 0 Å². The predicted octanol–water partition coefficient (Wildman–Crippen LogP) is 2.20. The van der Waals surface area contributed by atoms with E-state index in [1.807, 2.05) is 0 Å². The molecule has 5 heteroatoms. The Morgan fingerprint density at radius 2 is 1.64 bits per heavy atom. The third-order valence-electron chi connectivity index (χ3n) is 3.60. The fourth-order valence-corrected chi connectivity index (χ4v) is 2.12. The summed E-state index contributed by atoms with van der Waals surface area (Å²) in [5, 5.41) is 17.5. The normalized spacial score (nSPS) is 11.4. The second-order valence-electron chi connectivity index (χ2n) is 6.21. The summed E-state index contributed by atoms with van der Waals surface area (Å²) in [4.78, 5) is 14.0. The number of aliphatic hydroxyl groups is 2. The lowest BCUT2D eigenvalue weighted by molar-refractivity contribution is -0.144. The SMILES string of the molecule is CC(C)CCN(CCCCO)CCC(=O)OCCCCCO. The van der Waals surface area contributed by atoms with Gasteiger partial charge in [-0.2, -0.15) is 0 Å². The predicted molar refractivity (Wildman–Crippen MR) is 88.7 cm³/mol. The van der Waals surface area contributed by atoms with E-state index in [1.54, 1.807) is 0 Å². The lowest BCUT2D eigenvalue weighted by Gasteiger charge is -2.22.